The van der Waals surface area contributed by atoms with Crippen molar-refractivity contribution in [3.05, 3.63) is 23.9 Å². The van der Waals surface area contributed by atoms with Crippen molar-refractivity contribution in [2.45, 2.75) is 25.6 Å². The molecule has 1 aliphatic rings. The third-order valence-electron chi connectivity index (χ3n) is 2.75. The predicted molar refractivity (Wildman–Crippen MR) is 59.4 cm³/mol. The van der Waals surface area contributed by atoms with Gasteiger partial charge in [-0.05, 0) is 19.9 Å². The highest BCUT2D eigenvalue weighted by Gasteiger charge is 2.33. The lowest BCUT2D eigenvalue weighted by atomic mass is 9.95. The maximum absolute atomic E-state index is 5.96. The van der Waals surface area contributed by atoms with E-state index >= 15 is 0 Å². The number of nitrogens with zero attached hydrogens (tertiary/aromatic N) is 1. The summed E-state index contributed by atoms with van der Waals surface area (Å²) in [6.07, 6.45) is 2.01. The molecule has 0 spiro atoms. The zero-order valence-corrected chi connectivity index (χ0v) is 9.16. The Labute approximate surface area is 89.8 Å². The number of nitrogen functional groups attached to an aromatic ring is 1. The Balaban J connectivity index is 2.24. The lowest BCUT2D eigenvalue weighted by molar-refractivity contribution is -0.103. The van der Waals surface area contributed by atoms with Crippen molar-refractivity contribution in [3.63, 3.8) is 0 Å². The van der Waals surface area contributed by atoms with E-state index < -0.39 is 0 Å². The number of nitrogens with two attached hydrogens (primary N) is 1. The lowest BCUT2D eigenvalue weighted by Crippen LogP contribution is -2.49. The van der Waals surface area contributed by atoms with Crippen LogP contribution in [0.2, 0.25) is 0 Å². The Morgan fingerprint density at radius 1 is 1.60 bits per heavy atom. The molecule has 1 aromatic heterocycles. The molecular weight excluding hydrogens is 190 g/mol. The van der Waals surface area contributed by atoms with Crippen LogP contribution in [-0.4, -0.2) is 24.2 Å². The standard InChI is InChI=1S/C11H17N3O/c1-8-5-13-7-11(2,15-8)9-3-4-10(12)14-6-9/h3-4,6,8,13H,5,7H2,1-2H3,(H2,12,14). The van der Waals surface area contributed by atoms with Crippen LogP contribution < -0.4 is 11.1 Å². The summed E-state index contributed by atoms with van der Waals surface area (Å²) in [6, 6.07) is 3.78. The van der Waals surface area contributed by atoms with Gasteiger partial charge in [-0.15, -0.1) is 0 Å². The fraction of sp³-hybridized carbons (Fsp3) is 0.545. The van der Waals surface area contributed by atoms with Gasteiger partial charge in [0, 0.05) is 24.8 Å². The molecule has 1 aliphatic heterocycles. The van der Waals surface area contributed by atoms with Gasteiger partial charge < -0.3 is 15.8 Å². The summed E-state index contributed by atoms with van der Waals surface area (Å²) in [7, 11) is 0. The van der Waals surface area contributed by atoms with Crippen LogP contribution in [0, 0.1) is 0 Å². The number of pyridine rings is 1. The molecule has 15 heavy (non-hydrogen) atoms. The molecule has 1 saturated heterocycles. The van der Waals surface area contributed by atoms with Crippen molar-refractivity contribution in [1.29, 1.82) is 0 Å². The number of hydrogen-bond donors (Lipinski definition) is 2. The van der Waals surface area contributed by atoms with Crippen molar-refractivity contribution in [3.8, 4) is 0 Å². The zero-order chi connectivity index (χ0) is 10.9. The van der Waals surface area contributed by atoms with Crippen molar-refractivity contribution in [2.24, 2.45) is 0 Å². The minimum absolute atomic E-state index is 0.223. The summed E-state index contributed by atoms with van der Waals surface area (Å²) in [4.78, 5) is 4.09. The molecule has 3 N–H and O–H groups in total. The number of ether oxygens (including phenoxy) is 1. The number of aromatic nitrogens is 1. The van der Waals surface area contributed by atoms with Gasteiger partial charge in [-0.3, -0.25) is 0 Å². The summed E-state index contributed by atoms with van der Waals surface area (Å²) in [5.41, 5.74) is 6.33. The summed E-state index contributed by atoms with van der Waals surface area (Å²) in [6.45, 7) is 5.85. The van der Waals surface area contributed by atoms with E-state index in [4.69, 9.17) is 10.5 Å². The Morgan fingerprint density at radius 2 is 2.40 bits per heavy atom. The van der Waals surface area contributed by atoms with Crippen LogP contribution in [0.15, 0.2) is 18.3 Å². The topological polar surface area (TPSA) is 60.2 Å². The summed E-state index contributed by atoms with van der Waals surface area (Å²) >= 11 is 0. The van der Waals surface area contributed by atoms with Gasteiger partial charge in [-0.1, -0.05) is 6.07 Å². The molecule has 2 atom stereocenters. The molecule has 1 aromatic rings. The van der Waals surface area contributed by atoms with Gasteiger partial charge in [0.05, 0.1) is 6.10 Å². The minimum Gasteiger partial charge on any atom is -0.384 e. The second-order valence-electron chi connectivity index (χ2n) is 4.26. The molecule has 0 saturated carbocycles. The lowest BCUT2D eigenvalue weighted by Gasteiger charge is -2.38. The van der Waals surface area contributed by atoms with Gasteiger partial charge in [0.1, 0.15) is 11.4 Å². The van der Waals surface area contributed by atoms with Crippen molar-refractivity contribution >= 4 is 5.82 Å². The highest BCUT2D eigenvalue weighted by Crippen LogP contribution is 2.28. The molecule has 2 rings (SSSR count). The van der Waals surface area contributed by atoms with Gasteiger partial charge in [-0.2, -0.15) is 0 Å². The molecule has 4 heteroatoms. The van der Waals surface area contributed by atoms with E-state index in [1.54, 1.807) is 6.20 Å². The molecule has 2 heterocycles. The SMILES string of the molecule is CC1CNCC(C)(c2ccc(N)nc2)O1. The first-order chi connectivity index (χ1) is 7.10. The molecule has 0 aromatic carbocycles. The first kappa shape index (κ1) is 10.4. The van der Waals surface area contributed by atoms with Crippen LogP contribution in [0.5, 0.6) is 0 Å². The number of morpholine rings is 1. The maximum atomic E-state index is 5.96. The molecular formula is C11H17N3O. The first-order valence-electron chi connectivity index (χ1n) is 5.21. The highest BCUT2D eigenvalue weighted by molar-refractivity contribution is 5.32. The third kappa shape index (κ3) is 2.11. The smallest absolute Gasteiger partial charge is 0.123 e. The third-order valence-corrected chi connectivity index (χ3v) is 2.75. The Kier molecular flexibility index (Phi) is 2.63. The van der Waals surface area contributed by atoms with E-state index in [-0.39, 0.29) is 11.7 Å². The van der Waals surface area contributed by atoms with E-state index in [1.165, 1.54) is 0 Å². The van der Waals surface area contributed by atoms with Gasteiger partial charge in [0.2, 0.25) is 0 Å². The second-order valence-corrected chi connectivity index (χ2v) is 4.26. The number of hydrogen-bond acceptors (Lipinski definition) is 4. The van der Waals surface area contributed by atoms with E-state index in [9.17, 15) is 0 Å². The minimum atomic E-state index is -0.293. The average Bonchev–Trinajstić information content (AvgIpc) is 2.18. The van der Waals surface area contributed by atoms with Crippen molar-refractivity contribution < 1.29 is 4.74 Å². The summed E-state index contributed by atoms with van der Waals surface area (Å²) in [5.74, 6) is 0.541. The normalized spacial score (nSPS) is 31.5. The molecule has 0 radical (unpaired) electrons. The quantitative estimate of drug-likeness (QED) is 0.718. The summed E-state index contributed by atoms with van der Waals surface area (Å²) < 4.78 is 5.96. The van der Waals surface area contributed by atoms with Gasteiger partial charge in [-0.25, -0.2) is 4.98 Å². The number of rotatable bonds is 1. The largest absolute Gasteiger partial charge is 0.384 e. The molecule has 82 valence electrons. The van der Waals surface area contributed by atoms with E-state index in [0.717, 1.165) is 18.7 Å². The predicted octanol–water partition coefficient (Wildman–Crippen LogP) is 0.887. The Bertz CT molecular complexity index is 338. The fourth-order valence-corrected chi connectivity index (χ4v) is 1.93. The summed E-state index contributed by atoms with van der Waals surface area (Å²) in [5, 5.41) is 3.35. The van der Waals surface area contributed by atoms with E-state index in [0.29, 0.717) is 5.82 Å². The second kappa shape index (κ2) is 3.79. The number of anilines is 1. The monoisotopic (exact) mass is 207 g/mol. The molecule has 4 nitrogen and oxygen atoms in total. The van der Waals surface area contributed by atoms with Crippen LogP contribution in [-0.2, 0) is 10.3 Å². The average molecular weight is 207 g/mol. The van der Waals surface area contributed by atoms with Crippen LogP contribution in [0.25, 0.3) is 0 Å². The van der Waals surface area contributed by atoms with Crippen LogP contribution in [0.4, 0.5) is 5.82 Å². The Morgan fingerprint density at radius 3 is 3.00 bits per heavy atom. The van der Waals surface area contributed by atoms with Gasteiger partial charge in [0.15, 0.2) is 0 Å². The van der Waals surface area contributed by atoms with Crippen molar-refractivity contribution in [2.75, 3.05) is 18.8 Å². The molecule has 0 aliphatic carbocycles. The van der Waals surface area contributed by atoms with Crippen molar-refractivity contribution in [1.82, 2.24) is 10.3 Å². The van der Waals surface area contributed by atoms with Crippen LogP contribution in [0.3, 0.4) is 0 Å². The van der Waals surface area contributed by atoms with Gasteiger partial charge >= 0.3 is 0 Å². The Hall–Kier alpha value is -1.13. The molecule has 0 amide bonds. The zero-order valence-electron chi connectivity index (χ0n) is 9.16. The van der Waals surface area contributed by atoms with E-state index in [2.05, 4.69) is 24.1 Å². The van der Waals surface area contributed by atoms with E-state index in [1.807, 2.05) is 12.1 Å². The first-order valence-corrected chi connectivity index (χ1v) is 5.21. The molecule has 2 unspecified atom stereocenters. The van der Waals surface area contributed by atoms with Crippen LogP contribution >= 0.6 is 0 Å². The number of nitrogens with one attached hydrogen (secondary N) is 1. The van der Waals surface area contributed by atoms with Crippen LogP contribution in [0.1, 0.15) is 19.4 Å². The maximum Gasteiger partial charge on any atom is 0.123 e. The van der Waals surface area contributed by atoms with Gasteiger partial charge in [0.25, 0.3) is 0 Å². The fourth-order valence-electron chi connectivity index (χ4n) is 1.93. The molecule has 1 fully saturated rings. The highest BCUT2D eigenvalue weighted by atomic mass is 16.5. The molecule has 0 bridgehead atoms.